The summed E-state index contributed by atoms with van der Waals surface area (Å²) in [5.74, 6) is -0.565. The topological polar surface area (TPSA) is 94.8 Å². The summed E-state index contributed by atoms with van der Waals surface area (Å²) in [7, 11) is -3.68. The van der Waals surface area contributed by atoms with E-state index in [9.17, 15) is 17.6 Å². The van der Waals surface area contributed by atoms with Gasteiger partial charge in [-0.1, -0.05) is 29.0 Å². The van der Waals surface area contributed by atoms with Gasteiger partial charge >= 0.3 is 0 Å². The normalized spacial score (nSPS) is 20.8. The van der Waals surface area contributed by atoms with E-state index in [0.717, 1.165) is 16.8 Å². The summed E-state index contributed by atoms with van der Waals surface area (Å²) in [4.78, 5) is 18.7. The summed E-state index contributed by atoms with van der Waals surface area (Å²) in [6.07, 6.45) is 4.65. The van der Waals surface area contributed by atoms with Crippen molar-refractivity contribution in [3.63, 3.8) is 0 Å². The predicted octanol–water partition coefficient (Wildman–Crippen LogP) is 4.95. The number of carbonyl (C=O) groups excluding carboxylic acids is 1. The van der Waals surface area contributed by atoms with Gasteiger partial charge in [-0.25, -0.2) is 17.5 Å². The van der Waals surface area contributed by atoms with Crippen molar-refractivity contribution in [2.75, 3.05) is 0 Å². The Morgan fingerprint density at radius 1 is 1.08 bits per heavy atom. The Balaban J connectivity index is 1.45. The van der Waals surface area contributed by atoms with Gasteiger partial charge in [0, 0.05) is 12.6 Å². The van der Waals surface area contributed by atoms with Crippen LogP contribution < -0.4 is 0 Å². The molecule has 2 atom stereocenters. The molecule has 2 aromatic carbocycles. The van der Waals surface area contributed by atoms with Gasteiger partial charge in [-0.2, -0.15) is 0 Å². The van der Waals surface area contributed by atoms with E-state index in [-0.39, 0.29) is 29.3 Å². The molecule has 7 nitrogen and oxygen atoms in total. The molecule has 1 saturated carbocycles. The van der Waals surface area contributed by atoms with Gasteiger partial charge in [0.15, 0.2) is 15.6 Å². The van der Waals surface area contributed by atoms with E-state index < -0.39 is 20.5 Å². The van der Waals surface area contributed by atoms with Crippen LogP contribution in [0, 0.1) is 18.2 Å². The standard InChI is InChI=1S/C29H25FN4O3S/c1-19-5-4-6-23(15-19)38(36,37)24-13-8-20-16-27-26(32-33-34(27)22-11-9-21(30)10-12-22)18-29(20,17-24)28(35)25-7-2-3-14-31-25/h2-7,9-12,14-16,24H,8,13,17-18H2,1H3/t24-,29+/m0/s1. The van der Waals surface area contributed by atoms with Crippen LogP contribution in [-0.2, 0) is 16.3 Å². The summed E-state index contributed by atoms with van der Waals surface area (Å²) in [6, 6.07) is 18.0. The Hall–Kier alpha value is -3.98. The predicted molar refractivity (Wildman–Crippen MR) is 140 cm³/mol. The number of carbonyl (C=O) groups is 1. The van der Waals surface area contributed by atoms with Crippen LogP contribution in [0.5, 0.6) is 0 Å². The number of allylic oxidation sites excluding steroid dienone is 1. The summed E-state index contributed by atoms with van der Waals surface area (Å²) >= 11 is 0. The number of hydrogen-bond donors (Lipinski definition) is 0. The lowest BCUT2D eigenvalue weighted by molar-refractivity contribution is 0.0795. The van der Waals surface area contributed by atoms with Gasteiger partial charge < -0.3 is 0 Å². The highest BCUT2D eigenvalue weighted by Crippen LogP contribution is 2.51. The second-order valence-electron chi connectivity index (χ2n) is 10.0. The molecule has 0 radical (unpaired) electrons. The molecule has 6 rings (SSSR count). The van der Waals surface area contributed by atoms with Crippen molar-refractivity contribution in [3.8, 4) is 5.69 Å². The Labute approximate surface area is 220 Å². The molecule has 192 valence electrons. The third-order valence-electron chi connectivity index (χ3n) is 7.65. The third-order valence-corrected chi connectivity index (χ3v) is 9.84. The SMILES string of the molecule is Cc1cccc(S(=O)(=O)[C@H]2CCC3=Cc4c(nnn4-c4ccc(F)cc4)C[C@]3(C(=O)c3ccccn3)C2)c1. The number of hydrogen-bond acceptors (Lipinski definition) is 6. The van der Waals surface area contributed by atoms with E-state index in [1.54, 1.807) is 59.4 Å². The lowest BCUT2D eigenvalue weighted by Crippen LogP contribution is -2.46. The minimum absolute atomic E-state index is 0.132. The highest BCUT2D eigenvalue weighted by Gasteiger charge is 2.52. The van der Waals surface area contributed by atoms with E-state index in [4.69, 9.17) is 0 Å². The first-order chi connectivity index (χ1) is 18.3. The van der Waals surface area contributed by atoms with Crippen LogP contribution in [0.4, 0.5) is 4.39 Å². The molecular formula is C29H25FN4O3S. The van der Waals surface area contributed by atoms with Gasteiger partial charge in [0.2, 0.25) is 0 Å². The molecule has 1 fully saturated rings. The smallest absolute Gasteiger partial charge is 0.191 e. The average molecular weight is 529 g/mol. The van der Waals surface area contributed by atoms with E-state index in [1.165, 1.54) is 12.1 Å². The fourth-order valence-corrected chi connectivity index (χ4v) is 7.63. The zero-order valence-corrected chi connectivity index (χ0v) is 21.5. The molecule has 4 aromatic rings. The number of fused-ring (bicyclic) bond motifs is 2. The van der Waals surface area contributed by atoms with Crippen LogP contribution in [0.2, 0.25) is 0 Å². The molecule has 9 heteroatoms. The van der Waals surface area contributed by atoms with Crippen LogP contribution in [0.25, 0.3) is 11.8 Å². The fraction of sp³-hybridized carbons (Fsp3) is 0.241. The lowest BCUT2D eigenvalue weighted by Gasteiger charge is -2.43. The minimum atomic E-state index is -3.68. The van der Waals surface area contributed by atoms with Gasteiger partial charge in [-0.05, 0) is 86.4 Å². The second-order valence-corrected chi connectivity index (χ2v) is 12.2. The quantitative estimate of drug-likeness (QED) is 0.341. The largest absolute Gasteiger partial charge is 0.291 e. The first-order valence-corrected chi connectivity index (χ1v) is 14.0. The van der Waals surface area contributed by atoms with Crippen molar-refractivity contribution in [2.24, 2.45) is 5.41 Å². The molecule has 0 N–H and O–H groups in total. The van der Waals surface area contributed by atoms with Gasteiger partial charge in [-0.3, -0.25) is 9.78 Å². The summed E-state index contributed by atoms with van der Waals surface area (Å²) < 4.78 is 42.7. The van der Waals surface area contributed by atoms with Crippen molar-refractivity contribution in [3.05, 3.63) is 107 Å². The number of aryl methyl sites for hydroxylation is 1. The average Bonchev–Trinajstić information content (AvgIpc) is 3.34. The summed E-state index contributed by atoms with van der Waals surface area (Å²) in [6.45, 7) is 1.86. The molecule has 0 bridgehead atoms. The molecule has 0 unspecified atom stereocenters. The number of sulfone groups is 1. The number of ketones is 1. The molecule has 0 aliphatic heterocycles. The number of nitrogens with zero attached hydrogens (tertiary/aromatic N) is 4. The van der Waals surface area contributed by atoms with Crippen molar-refractivity contribution in [1.82, 2.24) is 20.0 Å². The van der Waals surface area contributed by atoms with Crippen LogP contribution >= 0.6 is 0 Å². The minimum Gasteiger partial charge on any atom is -0.291 e. The van der Waals surface area contributed by atoms with Crippen LogP contribution in [0.3, 0.4) is 0 Å². The first-order valence-electron chi connectivity index (χ1n) is 12.5. The zero-order chi connectivity index (χ0) is 26.5. The van der Waals surface area contributed by atoms with Crippen LogP contribution in [0.1, 0.15) is 46.7 Å². The summed E-state index contributed by atoms with van der Waals surface area (Å²) in [5, 5.41) is 7.94. The number of pyridine rings is 1. The Bertz CT molecular complexity index is 1680. The zero-order valence-electron chi connectivity index (χ0n) is 20.7. The molecule has 2 aliphatic rings. The monoisotopic (exact) mass is 528 g/mol. The lowest BCUT2D eigenvalue weighted by atomic mass is 9.62. The van der Waals surface area contributed by atoms with Gasteiger partial charge in [-0.15, -0.1) is 5.10 Å². The van der Waals surface area contributed by atoms with Crippen LogP contribution in [-0.4, -0.2) is 39.4 Å². The number of rotatable bonds is 5. The number of aromatic nitrogens is 4. The van der Waals surface area contributed by atoms with E-state index in [0.29, 0.717) is 29.9 Å². The highest BCUT2D eigenvalue weighted by molar-refractivity contribution is 7.92. The highest BCUT2D eigenvalue weighted by atomic mass is 32.2. The maximum atomic E-state index is 14.1. The molecular weight excluding hydrogens is 503 g/mol. The Kier molecular flexibility index (Phi) is 5.83. The Morgan fingerprint density at radius 3 is 2.63 bits per heavy atom. The van der Waals surface area contributed by atoms with Crippen molar-refractivity contribution in [1.29, 1.82) is 0 Å². The summed E-state index contributed by atoms with van der Waals surface area (Å²) in [5.41, 5.74) is 2.86. The van der Waals surface area contributed by atoms with E-state index in [1.807, 2.05) is 19.1 Å². The van der Waals surface area contributed by atoms with Gasteiger partial charge in [0.05, 0.1) is 32.6 Å². The number of benzene rings is 2. The molecule has 0 spiro atoms. The van der Waals surface area contributed by atoms with Crippen molar-refractivity contribution >= 4 is 21.7 Å². The first kappa shape index (κ1) is 24.4. The third kappa shape index (κ3) is 3.98. The van der Waals surface area contributed by atoms with E-state index >= 15 is 0 Å². The van der Waals surface area contributed by atoms with Gasteiger partial charge in [0.25, 0.3) is 0 Å². The molecule has 0 amide bonds. The Morgan fingerprint density at radius 2 is 1.89 bits per heavy atom. The number of Topliss-reactive ketones (excluding diaryl/α,β-unsaturated/α-hetero) is 1. The maximum absolute atomic E-state index is 14.1. The molecule has 2 heterocycles. The molecule has 2 aliphatic carbocycles. The maximum Gasteiger partial charge on any atom is 0.191 e. The molecule has 0 saturated heterocycles. The van der Waals surface area contributed by atoms with Crippen molar-refractivity contribution < 1.29 is 17.6 Å². The van der Waals surface area contributed by atoms with Crippen molar-refractivity contribution in [2.45, 2.75) is 42.8 Å². The number of halogens is 1. The molecule has 2 aromatic heterocycles. The second kappa shape index (κ2) is 9.09. The molecule has 38 heavy (non-hydrogen) atoms. The van der Waals surface area contributed by atoms with Crippen LogP contribution in [0.15, 0.2) is 83.4 Å². The van der Waals surface area contributed by atoms with E-state index in [2.05, 4.69) is 15.3 Å². The fourth-order valence-electron chi connectivity index (χ4n) is 5.70. The van der Waals surface area contributed by atoms with Gasteiger partial charge in [0.1, 0.15) is 11.5 Å².